The number of hydrogen-bond acceptors (Lipinski definition) is 4. The molecule has 100 valence electrons. The van der Waals surface area contributed by atoms with Crippen LogP contribution in [0.15, 0.2) is 0 Å². The van der Waals surface area contributed by atoms with Gasteiger partial charge in [0, 0.05) is 12.6 Å². The number of aliphatic hydroxyl groups is 1. The lowest BCUT2D eigenvalue weighted by atomic mass is 10.0. The van der Waals surface area contributed by atoms with Gasteiger partial charge in [-0.15, -0.1) is 0 Å². The van der Waals surface area contributed by atoms with Crippen molar-refractivity contribution in [3.63, 3.8) is 0 Å². The van der Waals surface area contributed by atoms with E-state index in [4.69, 9.17) is 9.84 Å². The maximum Gasteiger partial charge on any atom is 0.332 e. The molecule has 1 aliphatic heterocycles. The third-order valence-corrected chi connectivity index (χ3v) is 2.99. The SMILES string of the molecule is CC(C)CC(CO)NCC1CCC(C(=O)O)O1. The highest BCUT2D eigenvalue weighted by atomic mass is 16.5. The maximum absolute atomic E-state index is 10.7. The topological polar surface area (TPSA) is 78.8 Å². The number of aliphatic carboxylic acids is 1. The van der Waals surface area contributed by atoms with Crippen LogP contribution >= 0.6 is 0 Å². The fraction of sp³-hybridized carbons (Fsp3) is 0.917. The van der Waals surface area contributed by atoms with Crippen LogP contribution in [0.3, 0.4) is 0 Å². The minimum Gasteiger partial charge on any atom is -0.479 e. The van der Waals surface area contributed by atoms with Crippen LogP contribution in [0.4, 0.5) is 0 Å². The van der Waals surface area contributed by atoms with E-state index in [0.717, 1.165) is 12.8 Å². The van der Waals surface area contributed by atoms with Crippen molar-refractivity contribution in [2.24, 2.45) is 5.92 Å². The summed E-state index contributed by atoms with van der Waals surface area (Å²) in [6.45, 7) is 4.93. The number of nitrogens with one attached hydrogen (secondary N) is 1. The van der Waals surface area contributed by atoms with Gasteiger partial charge in [0.2, 0.25) is 0 Å². The van der Waals surface area contributed by atoms with E-state index >= 15 is 0 Å². The monoisotopic (exact) mass is 245 g/mol. The zero-order valence-corrected chi connectivity index (χ0v) is 10.6. The molecule has 1 heterocycles. The quantitative estimate of drug-likeness (QED) is 0.612. The highest BCUT2D eigenvalue weighted by molar-refractivity contribution is 5.72. The first-order valence-corrected chi connectivity index (χ1v) is 6.25. The summed E-state index contributed by atoms with van der Waals surface area (Å²) in [6.07, 6.45) is 1.56. The van der Waals surface area contributed by atoms with E-state index in [1.165, 1.54) is 0 Å². The van der Waals surface area contributed by atoms with Gasteiger partial charge >= 0.3 is 5.97 Å². The van der Waals surface area contributed by atoms with Crippen LogP contribution in [0.25, 0.3) is 0 Å². The molecule has 5 nitrogen and oxygen atoms in total. The molecule has 3 atom stereocenters. The molecule has 1 fully saturated rings. The van der Waals surface area contributed by atoms with E-state index < -0.39 is 12.1 Å². The summed E-state index contributed by atoms with van der Waals surface area (Å²) in [5, 5.41) is 21.2. The summed E-state index contributed by atoms with van der Waals surface area (Å²) < 4.78 is 5.38. The van der Waals surface area contributed by atoms with E-state index in [1.807, 2.05) is 0 Å². The number of ether oxygens (including phenoxy) is 1. The van der Waals surface area contributed by atoms with Crippen molar-refractivity contribution in [3.05, 3.63) is 0 Å². The molecule has 17 heavy (non-hydrogen) atoms. The summed E-state index contributed by atoms with van der Waals surface area (Å²) in [5.74, 6) is -0.357. The molecule has 5 heteroatoms. The Balaban J connectivity index is 2.24. The normalized spacial score (nSPS) is 26.4. The van der Waals surface area contributed by atoms with Crippen LogP contribution in [-0.4, -0.2) is 47.6 Å². The van der Waals surface area contributed by atoms with Crippen molar-refractivity contribution < 1.29 is 19.7 Å². The molecule has 3 N–H and O–H groups in total. The van der Waals surface area contributed by atoms with Gasteiger partial charge in [-0.1, -0.05) is 13.8 Å². The average Bonchev–Trinajstić information content (AvgIpc) is 2.72. The summed E-state index contributed by atoms with van der Waals surface area (Å²) in [4.78, 5) is 10.7. The molecule has 0 aliphatic carbocycles. The number of carbonyl (C=O) groups is 1. The first kappa shape index (κ1) is 14.4. The lowest BCUT2D eigenvalue weighted by Crippen LogP contribution is -2.39. The molecule has 0 spiro atoms. The highest BCUT2D eigenvalue weighted by Gasteiger charge is 2.30. The zero-order valence-electron chi connectivity index (χ0n) is 10.6. The lowest BCUT2D eigenvalue weighted by Gasteiger charge is -2.20. The Hall–Kier alpha value is -0.650. The van der Waals surface area contributed by atoms with Crippen LogP contribution in [-0.2, 0) is 9.53 Å². The second-order valence-electron chi connectivity index (χ2n) is 5.08. The molecule has 1 rings (SSSR count). The minimum absolute atomic E-state index is 0.0442. The first-order chi connectivity index (χ1) is 8.02. The Bertz CT molecular complexity index is 245. The number of hydrogen-bond donors (Lipinski definition) is 3. The van der Waals surface area contributed by atoms with E-state index in [1.54, 1.807) is 0 Å². The molecule has 0 aromatic heterocycles. The van der Waals surface area contributed by atoms with Crippen LogP contribution < -0.4 is 5.32 Å². The summed E-state index contributed by atoms with van der Waals surface area (Å²) in [6, 6.07) is 0.0717. The summed E-state index contributed by atoms with van der Waals surface area (Å²) in [5.41, 5.74) is 0. The second-order valence-corrected chi connectivity index (χ2v) is 5.08. The fourth-order valence-electron chi connectivity index (χ4n) is 2.13. The predicted molar refractivity (Wildman–Crippen MR) is 63.9 cm³/mol. The van der Waals surface area contributed by atoms with Crippen LogP contribution in [0.5, 0.6) is 0 Å². The molecule has 0 aromatic rings. The van der Waals surface area contributed by atoms with Gasteiger partial charge in [-0.25, -0.2) is 4.79 Å². The van der Waals surface area contributed by atoms with Crippen molar-refractivity contribution in [2.45, 2.75) is 51.4 Å². The van der Waals surface area contributed by atoms with Gasteiger partial charge in [-0.2, -0.15) is 0 Å². The van der Waals surface area contributed by atoms with Gasteiger partial charge in [0.15, 0.2) is 6.10 Å². The van der Waals surface area contributed by atoms with Crippen molar-refractivity contribution in [3.8, 4) is 0 Å². The molecule has 1 aliphatic rings. The molecule has 0 amide bonds. The highest BCUT2D eigenvalue weighted by Crippen LogP contribution is 2.19. The molecular formula is C12H23NO4. The molecule has 3 unspecified atom stereocenters. The van der Waals surface area contributed by atoms with Gasteiger partial charge in [0.1, 0.15) is 0 Å². The van der Waals surface area contributed by atoms with Gasteiger partial charge in [-0.3, -0.25) is 0 Å². The number of rotatable bonds is 7. The fourth-order valence-corrected chi connectivity index (χ4v) is 2.13. The average molecular weight is 245 g/mol. The van der Waals surface area contributed by atoms with Crippen molar-refractivity contribution in [2.75, 3.05) is 13.2 Å². The van der Waals surface area contributed by atoms with Crippen LogP contribution in [0.1, 0.15) is 33.1 Å². The zero-order chi connectivity index (χ0) is 12.8. The smallest absolute Gasteiger partial charge is 0.332 e. The second kappa shape index (κ2) is 6.93. The minimum atomic E-state index is -0.881. The Labute approximate surface area is 102 Å². The van der Waals surface area contributed by atoms with Crippen LogP contribution in [0.2, 0.25) is 0 Å². The van der Waals surface area contributed by atoms with E-state index in [2.05, 4.69) is 19.2 Å². The number of aliphatic hydroxyl groups excluding tert-OH is 1. The molecule has 0 saturated carbocycles. The van der Waals surface area contributed by atoms with Gasteiger partial charge in [0.25, 0.3) is 0 Å². The molecule has 0 bridgehead atoms. The Morgan fingerprint density at radius 3 is 2.65 bits per heavy atom. The van der Waals surface area contributed by atoms with E-state index in [0.29, 0.717) is 18.9 Å². The van der Waals surface area contributed by atoms with Crippen molar-refractivity contribution >= 4 is 5.97 Å². The number of carboxylic acid groups (broad SMARTS) is 1. The van der Waals surface area contributed by atoms with Crippen LogP contribution in [0, 0.1) is 5.92 Å². The summed E-state index contributed by atoms with van der Waals surface area (Å²) >= 11 is 0. The van der Waals surface area contributed by atoms with Crippen molar-refractivity contribution in [1.82, 2.24) is 5.32 Å². The third kappa shape index (κ3) is 5.02. The van der Waals surface area contributed by atoms with E-state index in [-0.39, 0.29) is 18.8 Å². The molecule has 0 radical (unpaired) electrons. The van der Waals surface area contributed by atoms with Gasteiger partial charge < -0.3 is 20.3 Å². The molecule has 0 aromatic carbocycles. The van der Waals surface area contributed by atoms with E-state index in [9.17, 15) is 9.90 Å². The Morgan fingerprint density at radius 2 is 2.18 bits per heavy atom. The summed E-state index contributed by atoms with van der Waals surface area (Å²) in [7, 11) is 0. The predicted octanol–water partition coefficient (Wildman–Crippen LogP) is 0.615. The largest absolute Gasteiger partial charge is 0.479 e. The lowest BCUT2D eigenvalue weighted by molar-refractivity contribution is -0.149. The van der Waals surface area contributed by atoms with Gasteiger partial charge in [0.05, 0.1) is 12.7 Å². The van der Waals surface area contributed by atoms with Crippen molar-refractivity contribution in [1.29, 1.82) is 0 Å². The third-order valence-electron chi connectivity index (χ3n) is 2.99. The Morgan fingerprint density at radius 1 is 1.47 bits per heavy atom. The molecular weight excluding hydrogens is 222 g/mol. The molecule has 1 saturated heterocycles. The standard InChI is InChI=1S/C12H23NO4/c1-8(2)5-9(7-14)13-6-10-3-4-11(17-10)12(15)16/h8-11,13-14H,3-7H2,1-2H3,(H,15,16). The maximum atomic E-state index is 10.7. The van der Waals surface area contributed by atoms with Gasteiger partial charge in [-0.05, 0) is 25.2 Å². The Kier molecular flexibility index (Phi) is 5.88. The first-order valence-electron chi connectivity index (χ1n) is 6.25. The number of carboxylic acids is 1.